The first kappa shape index (κ1) is 14.1. The first-order valence-electron chi connectivity index (χ1n) is 4.96. The highest BCUT2D eigenvalue weighted by molar-refractivity contribution is 8.00. The second kappa shape index (κ2) is 5.10. The summed E-state index contributed by atoms with van der Waals surface area (Å²) in [5.41, 5.74) is 0.0339. The van der Waals surface area contributed by atoms with Crippen molar-refractivity contribution in [2.75, 3.05) is 6.26 Å². The molecule has 0 saturated carbocycles. The molecule has 0 aromatic heterocycles. The van der Waals surface area contributed by atoms with Gasteiger partial charge in [-0.3, -0.25) is 0 Å². The molecule has 1 rings (SSSR count). The van der Waals surface area contributed by atoms with Gasteiger partial charge >= 0.3 is 5.97 Å². The fraction of sp³-hybridized carbons (Fsp3) is 0.364. The molecule has 0 aliphatic carbocycles. The average Bonchev–Trinajstić information content (AvgIpc) is 2.15. The van der Waals surface area contributed by atoms with Crippen LogP contribution in [0, 0.1) is 0 Å². The highest BCUT2D eigenvalue weighted by Crippen LogP contribution is 2.28. The van der Waals surface area contributed by atoms with Gasteiger partial charge in [0, 0.05) is 16.4 Å². The number of sulfone groups is 1. The highest BCUT2D eigenvalue weighted by Gasteiger charge is 2.16. The molecule has 17 heavy (non-hydrogen) atoms. The largest absolute Gasteiger partial charge is 0.478 e. The number of hydrogen-bond acceptors (Lipinski definition) is 4. The maximum absolute atomic E-state index is 11.3. The van der Waals surface area contributed by atoms with Crippen LogP contribution in [0.5, 0.6) is 0 Å². The minimum atomic E-state index is -3.38. The SMILES string of the molecule is CC(C)Sc1ccc(S(C)(=O)=O)cc1C(=O)O. The summed E-state index contributed by atoms with van der Waals surface area (Å²) in [5.74, 6) is -1.11. The molecule has 0 saturated heterocycles. The van der Waals surface area contributed by atoms with Crippen molar-refractivity contribution in [2.45, 2.75) is 28.9 Å². The first-order valence-corrected chi connectivity index (χ1v) is 7.73. The maximum Gasteiger partial charge on any atom is 0.336 e. The number of benzene rings is 1. The summed E-state index contributed by atoms with van der Waals surface area (Å²) in [7, 11) is -3.38. The molecule has 0 aliphatic heterocycles. The molecular formula is C11H14O4S2. The van der Waals surface area contributed by atoms with Crippen molar-refractivity contribution in [3.8, 4) is 0 Å². The van der Waals surface area contributed by atoms with Crippen LogP contribution in [-0.2, 0) is 9.84 Å². The number of carboxylic acid groups (broad SMARTS) is 1. The third-order valence-corrected chi connectivity index (χ3v) is 4.16. The third kappa shape index (κ3) is 3.74. The zero-order valence-electron chi connectivity index (χ0n) is 9.80. The van der Waals surface area contributed by atoms with Crippen LogP contribution in [0.3, 0.4) is 0 Å². The van der Waals surface area contributed by atoms with E-state index in [1.807, 2.05) is 13.8 Å². The van der Waals surface area contributed by atoms with Gasteiger partial charge in [0.05, 0.1) is 10.5 Å². The van der Waals surface area contributed by atoms with E-state index in [2.05, 4.69) is 0 Å². The number of hydrogen-bond donors (Lipinski definition) is 1. The molecule has 6 heteroatoms. The Kier molecular flexibility index (Phi) is 4.21. The van der Waals surface area contributed by atoms with E-state index < -0.39 is 15.8 Å². The average molecular weight is 274 g/mol. The maximum atomic E-state index is 11.3. The minimum absolute atomic E-state index is 0.0306. The van der Waals surface area contributed by atoms with Gasteiger partial charge in [-0.15, -0.1) is 11.8 Å². The molecule has 0 amide bonds. The molecule has 1 N–H and O–H groups in total. The number of carboxylic acids is 1. The summed E-state index contributed by atoms with van der Waals surface area (Å²) < 4.78 is 22.7. The Balaban J connectivity index is 3.32. The Morgan fingerprint density at radius 1 is 1.35 bits per heavy atom. The van der Waals surface area contributed by atoms with E-state index in [0.717, 1.165) is 6.26 Å². The number of rotatable bonds is 4. The van der Waals surface area contributed by atoms with Crippen molar-refractivity contribution in [2.24, 2.45) is 0 Å². The van der Waals surface area contributed by atoms with Crippen LogP contribution in [0.25, 0.3) is 0 Å². The molecule has 0 aliphatic rings. The van der Waals surface area contributed by atoms with E-state index in [-0.39, 0.29) is 15.7 Å². The van der Waals surface area contributed by atoms with E-state index in [1.165, 1.54) is 23.9 Å². The standard InChI is InChI=1S/C11H14O4S2/c1-7(2)16-10-5-4-8(17(3,14)15)6-9(10)11(12)13/h4-7H,1-3H3,(H,12,13). The molecule has 1 aromatic rings. The Hall–Kier alpha value is -1.01. The van der Waals surface area contributed by atoms with Crippen LogP contribution < -0.4 is 0 Å². The molecule has 0 heterocycles. The van der Waals surface area contributed by atoms with Crippen LogP contribution in [0.15, 0.2) is 28.0 Å². The summed E-state index contributed by atoms with van der Waals surface area (Å²) in [4.78, 5) is 11.7. The molecule has 4 nitrogen and oxygen atoms in total. The topological polar surface area (TPSA) is 71.4 Å². The Morgan fingerprint density at radius 3 is 2.35 bits per heavy atom. The van der Waals surface area contributed by atoms with Crippen molar-refractivity contribution < 1.29 is 18.3 Å². The summed E-state index contributed by atoms with van der Waals surface area (Å²) in [5, 5.41) is 9.29. The predicted octanol–water partition coefficient (Wildman–Crippen LogP) is 2.29. The fourth-order valence-electron chi connectivity index (χ4n) is 1.26. The zero-order chi connectivity index (χ0) is 13.2. The van der Waals surface area contributed by atoms with Gasteiger partial charge in [-0.1, -0.05) is 13.8 Å². The van der Waals surface area contributed by atoms with Crippen LogP contribution in [0.4, 0.5) is 0 Å². The molecule has 94 valence electrons. The highest BCUT2D eigenvalue weighted by atomic mass is 32.2. The molecule has 0 bridgehead atoms. The van der Waals surface area contributed by atoms with Gasteiger partial charge in [0.2, 0.25) is 0 Å². The predicted molar refractivity (Wildman–Crippen MR) is 67.5 cm³/mol. The van der Waals surface area contributed by atoms with Gasteiger partial charge in [0.1, 0.15) is 0 Å². The van der Waals surface area contributed by atoms with Crippen molar-refractivity contribution in [1.29, 1.82) is 0 Å². The molecule has 1 aromatic carbocycles. The van der Waals surface area contributed by atoms with Crippen LogP contribution in [-0.4, -0.2) is 31.0 Å². The first-order chi connectivity index (χ1) is 7.71. The van der Waals surface area contributed by atoms with Crippen molar-refractivity contribution in [1.82, 2.24) is 0 Å². The monoisotopic (exact) mass is 274 g/mol. The van der Waals surface area contributed by atoms with Gasteiger partial charge in [-0.25, -0.2) is 13.2 Å². The lowest BCUT2D eigenvalue weighted by Crippen LogP contribution is -2.04. The van der Waals surface area contributed by atoms with Gasteiger partial charge in [0.15, 0.2) is 9.84 Å². The number of carbonyl (C=O) groups is 1. The summed E-state index contributed by atoms with van der Waals surface area (Å²) in [6, 6.07) is 4.19. The van der Waals surface area contributed by atoms with E-state index >= 15 is 0 Å². The van der Waals surface area contributed by atoms with Gasteiger partial charge in [-0.05, 0) is 18.2 Å². The van der Waals surface area contributed by atoms with Crippen molar-refractivity contribution >= 4 is 27.6 Å². The number of thioether (sulfide) groups is 1. The minimum Gasteiger partial charge on any atom is -0.478 e. The molecular weight excluding hydrogens is 260 g/mol. The summed E-state index contributed by atoms with van der Waals surface area (Å²) >= 11 is 1.40. The molecule has 0 radical (unpaired) electrons. The summed E-state index contributed by atoms with van der Waals surface area (Å²) in [6.45, 7) is 3.89. The normalized spacial score (nSPS) is 11.8. The van der Waals surface area contributed by atoms with Crippen LogP contribution >= 0.6 is 11.8 Å². The van der Waals surface area contributed by atoms with E-state index in [4.69, 9.17) is 5.11 Å². The smallest absolute Gasteiger partial charge is 0.336 e. The molecule has 0 spiro atoms. The quantitative estimate of drug-likeness (QED) is 0.853. The third-order valence-electron chi connectivity index (χ3n) is 1.97. The van der Waals surface area contributed by atoms with Crippen LogP contribution in [0.2, 0.25) is 0 Å². The lowest BCUT2D eigenvalue weighted by molar-refractivity contribution is 0.0693. The van der Waals surface area contributed by atoms with Crippen LogP contribution in [0.1, 0.15) is 24.2 Å². The lowest BCUT2D eigenvalue weighted by atomic mass is 10.2. The van der Waals surface area contributed by atoms with Crippen molar-refractivity contribution in [3.05, 3.63) is 23.8 Å². The number of aromatic carboxylic acids is 1. The molecule has 0 atom stereocenters. The van der Waals surface area contributed by atoms with E-state index in [9.17, 15) is 13.2 Å². The fourth-order valence-corrected chi connectivity index (χ4v) is 2.84. The second-order valence-electron chi connectivity index (χ2n) is 3.90. The Bertz CT molecular complexity index is 532. The summed E-state index contributed by atoms with van der Waals surface area (Å²) in [6.07, 6.45) is 1.06. The van der Waals surface area contributed by atoms with Gasteiger partial charge < -0.3 is 5.11 Å². The lowest BCUT2D eigenvalue weighted by Gasteiger charge is -2.09. The zero-order valence-corrected chi connectivity index (χ0v) is 11.4. The van der Waals surface area contributed by atoms with Gasteiger partial charge in [0.25, 0.3) is 0 Å². The Labute approximate surface area is 105 Å². The van der Waals surface area contributed by atoms with Crippen molar-refractivity contribution in [3.63, 3.8) is 0 Å². The molecule has 0 unspecified atom stereocenters. The van der Waals surface area contributed by atoms with E-state index in [0.29, 0.717) is 4.90 Å². The second-order valence-corrected chi connectivity index (χ2v) is 7.54. The molecule has 0 fully saturated rings. The Morgan fingerprint density at radius 2 is 1.94 bits per heavy atom. The van der Waals surface area contributed by atoms with Gasteiger partial charge in [-0.2, -0.15) is 0 Å². The van der Waals surface area contributed by atoms with E-state index in [1.54, 1.807) is 6.07 Å².